The molecule has 2 aromatic heterocycles. The van der Waals surface area contributed by atoms with Crippen LogP contribution in [0.15, 0.2) is 66.3 Å². The fraction of sp³-hybridized carbons (Fsp3) is 0.105. The van der Waals surface area contributed by atoms with E-state index in [2.05, 4.69) is 25.5 Å². The van der Waals surface area contributed by atoms with Gasteiger partial charge in [-0.05, 0) is 48.9 Å². The van der Waals surface area contributed by atoms with E-state index < -0.39 is 5.91 Å². The smallest absolute Gasteiger partial charge is 0.291 e. The van der Waals surface area contributed by atoms with Crippen LogP contribution in [0.4, 0.5) is 0 Å². The van der Waals surface area contributed by atoms with Gasteiger partial charge in [0.2, 0.25) is 0 Å². The summed E-state index contributed by atoms with van der Waals surface area (Å²) in [4.78, 5) is 24.6. The molecule has 7 nitrogen and oxygen atoms in total. The van der Waals surface area contributed by atoms with Crippen LogP contribution in [0.2, 0.25) is 0 Å². The Hall–Kier alpha value is -3.61. The predicted molar refractivity (Wildman–Crippen MR) is 97.9 cm³/mol. The van der Waals surface area contributed by atoms with Crippen molar-refractivity contribution in [2.24, 2.45) is 5.10 Å². The molecule has 0 atom stereocenters. The second kappa shape index (κ2) is 8.48. The number of hydrogen-bond donors (Lipinski definition) is 1. The number of rotatable bonds is 6. The minimum atomic E-state index is -0.435. The minimum Gasteiger partial charge on any atom is -0.494 e. The lowest BCUT2D eigenvalue weighted by Gasteiger charge is -2.05. The molecule has 1 N–H and O–H groups in total. The minimum absolute atomic E-state index is 0.184. The van der Waals surface area contributed by atoms with Crippen LogP contribution in [0.3, 0.4) is 0 Å². The van der Waals surface area contributed by atoms with Crippen molar-refractivity contribution in [2.75, 3.05) is 6.61 Å². The molecule has 0 aliphatic rings. The van der Waals surface area contributed by atoms with E-state index in [-0.39, 0.29) is 5.69 Å². The summed E-state index contributed by atoms with van der Waals surface area (Å²) in [7, 11) is 0. The number of nitrogens with zero attached hydrogens (tertiary/aromatic N) is 4. The van der Waals surface area contributed by atoms with E-state index in [0.717, 1.165) is 16.9 Å². The molecule has 130 valence electrons. The average molecular weight is 347 g/mol. The number of amides is 1. The third-order valence-electron chi connectivity index (χ3n) is 3.41. The van der Waals surface area contributed by atoms with Gasteiger partial charge >= 0.3 is 0 Å². The number of ether oxygens (including phenoxy) is 1. The second-order valence-electron chi connectivity index (χ2n) is 5.23. The molecule has 2 heterocycles. The van der Waals surface area contributed by atoms with Gasteiger partial charge in [-0.25, -0.2) is 10.4 Å². The van der Waals surface area contributed by atoms with Gasteiger partial charge in [0.25, 0.3) is 5.91 Å². The lowest BCUT2D eigenvalue weighted by Crippen LogP contribution is -2.19. The predicted octanol–water partition coefficient (Wildman–Crippen LogP) is 2.70. The Morgan fingerprint density at radius 1 is 1.12 bits per heavy atom. The molecule has 26 heavy (non-hydrogen) atoms. The Kier molecular flexibility index (Phi) is 5.61. The molecule has 0 spiro atoms. The van der Waals surface area contributed by atoms with Crippen molar-refractivity contribution in [1.82, 2.24) is 20.4 Å². The molecule has 0 aliphatic heterocycles. The van der Waals surface area contributed by atoms with Crippen molar-refractivity contribution in [1.29, 1.82) is 0 Å². The Labute approximate surface area is 150 Å². The molecule has 0 radical (unpaired) electrons. The van der Waals surface area contributed by atoms with Crippen LogP contribution in [0.1, 0.15) is 23.0 Å². The lowest BCUT2D eigenvalue weighted by molar-refractivity contribution is 0.0950. The highest BCUT2D eigenvalue weighted by Gasteiger charge is 2.09. The number of pyridine rings is 1. The van der Waals surface area contributed by atoms with E-state index in [1.165, 1.54) is 12.4 Å². The summed E-state index contributed by atoms with van der Waals surface area (Å²) in [5.41, 5.74) is 4.89. The fourth-order valence-corrected chi connectivity index (χ4v) is 2.18. The van der Waals surface area contributed by atoms with Crippen LogP contribution in [0.5, 0.6) is 5.75 Å². The third-order valence-corrected chi connectivity index (χ3v) is 3.41. The largest absolute Gasteiger partial charge is 0.494 e. The van der Waals surface area contributed by atoms with Gasteiger partial charge in [0.15, 0.2) is 0 Å². The standard InChI is InChI=1S/C19H17N5O2/c1-2-26-16-5-3-15(4-6-16)17-12-21-13-18(23-17)19(25)24-22-11-14-7-9-20-10-8-14/h3-13H,2H2,1H3,(H,24,25). The number of hydrazone groups is 1. The van der Waals surface area contributed by atoms with Crippen molar-refractivity contribution >= 4 is 12.1 Å². The van der Waals surface area contributed by atoms with E-state index in [1.54, 1.807) is 30.7 Å². The number of nitrogens with one attached hydrogen (secondary N) is 1. The van der Waals surface area contributed by atoms with Gasteiger partial charge in [0.05, 0.1) is 30.9 Å². The van der Waals surface area contributed by atoms with Crippen molar-refractivity contribution in [3.05, 3.63) is 72.4 Å². The highest BCUT2D eigenvalue weighted by atomic mass is 16.5. The van der Waals surface area contributed by atoms with E-state index in [9.17, 15) is 4.79 Å². The zero-order valence-corrected chi connectivity index (χ0v) is 14.2. The van der Waals surface area contributed by atoms with E-state index >= 15 is 0 Å². The van der Waals surface area contributed by atoms with Gasteiger partial charge in [0, 0.05) is 18.0 Å². The Balaban J connectivity index is 1.70. The van der Waals surface area contributed by atoms with Crippen LogP contribution in [0, 0.1) is 0 Å². The van der Waals surface area contributed by atoms with E-state index in [0.29, 0.717) is 12.3 Å². The van der Waals surface area contributed by atoms with Crippen molar-refractivity contribution < 1.29 is 9.53 Å². The first-order valence-electron chi connectivity index (χ1n) is 8.05. The van der Waals surface area contributed by atoms with E-state index in [1.807, 2.05) is 31.2 Å². The van der Waals surface area contributed by atoms with Gasteiger partial charge in [-0.15, -0.1) is 0 Å². The van der Waals surface area contributed by atoms with Crippen LogP contribution in [0.25, 0.3) is 11.3 Å². The molecule has 0 bridgehead atoms. The lowest BCUT2D eigenvalue weighted by atomic mass is 10.1. The average Bonchev–Trinajstić information content (AvgIpc) is 2.70. The molecule has 1 aromatic carbocycles. The zero-order valence-electron chi connectivity index (χ0n) is 14.2. The molecule has 0 aliphatic carbocycles. The number of benzene rings is 1. The maximum absolute atomic E-state index is 12.2. The van der Waals surface area contributed by atoms with Gasteiger partial charge in [-0.3, -0.25) is 14.8 Å². The summed E-state index contributed by atoms with van der Waals surface area (Å²) in [5, 5.41) is 3.92. The number of hydrogen-bond acceptors (Lipinski definition) is 6. The summed E-state index contributed by atoms with van der Waals surface area (Å²) in [6.07, 6.45) is 7.83. The molecule has 0 unspecified atom stereocenters. The van der Waals surface area contributed by atoms with Crippen LogP contribution in [-0.4, -0.2) is 33.7 Å². The van der Waals surface area contributed by atoms with Gasteiger partial charge in [-0.1, -0.05) is 0 Å². The molecule has 3 aromatic rings. The molecular weight excluding hydrogens is 330 g/mol. The first-order chi connectivity index (χ1) is 12.8. The Morgan fingerprint density at radius 2 is 1.88 bits per heavy atom. The molecule has 0 fully saturated rings. The number of carbonyl (C=O) groups is 1. The summed E-state index contributed by atoms with van der Waals surface area (Å²) < 4.78 is 5.42. The number of aromatic nitrogens is 3. The molecule has 0 saturated carbocycles. The SMILES string of the molecule is CCOc1ccc(-c2cncc(C(=O)NN=Cc3ccncc3)n2)cc1. The van der Waals surface area contributed by atoms with E-state index in [4.69, 9.17) is 4.74 Å². The fourth-order valence-electron chi connectivity index (χ4n) is 2.18. The van der Waals surface area contributed by atoms with Gasteiger partial charge in [0.1, 0.15) is 11.4 Å². The maximum atomic E-state index is 12.2. The normalized spacial score (nSPS) is 10.7. The zero-order chi connectivity index (χ0) is 18.2. The topological polar surface area (TPSA) is 89.4 Å². The van der Waals surface area contributed by atoms with Gasteiger partial charge in [-0.2, -0.15) is 5.10 Å². The Bertz CT molecular complexity index is 895. The van der Waals surface area contributed by atoms with Crippen molar-refractivity contribution in [2.45, 2.75) is 6.92 Å². The highest BCUT2D eigenvalue weighted by Crippen LogP contribution is 2.20. The van der Waals surface area contributed by atoms with Gasteiger partial charge < -0.3 is 4.74 Å². The molecular formula is C19H17N5O2. The quantitative estimate of drug-likeness (QED) is 0.547. The first kappa shape index (κ1) is 17.2. The van der Waals surface area contributed by atoms with Crippen molar-refractivity contribution in [3.8, 4) is 17.0 Å². The summed E-state index contributed by atoms with van der Waals surface area (Å²) >= 11 is 0. The van der Waals surface area contributed by atoms with Crippen molar-refractivity contribution in [3.63, 3.8) is 0 Å². The maximum Gasteiger partial charge on any atom is 0.291 e. The molecule has 3 rings (SSSR count). The Morgan fingerprint density at radius 3 is 2.62 bits per heavy atom. The second-order valence-corrected chi connectivity index (χ2v) is 5.23. The summed E-state index contributed by atoms with van der Waals surface area (Å²) in [6.45, 7) is 2.54. The third kappa shape index (κ3) is 4.47. The highest BCUT2D eigenvalue weighted by molar-refractivity contribution is 5.93. The first-order valence-corrected chi connectivity index (χ1v) is 8.05. The van der Waals surface area contributed by atoms with Crippen LogP contribution >= 0.6 is 0 Å². The molecule has 1 amide bonds. The summed E-state index contributed by atoms with van der Waals surface area (Å²) in [6, 6.07) is 11.0. The monoisotopic (exact) mass is 347 g/mol. The molecule has 7 heteroatoms. The van der Waals surface area contributed by atoms with Crippen LogP contribution < -0.4 is 10.2 Å². The van der Waals surface area contributed by atoms with Crippen LogP contribution in [-0.2, 0) is 0 Å². The summed E-state index contributed by atoms with van der Waals surface area (Å²) in [5.74, 6) is 0.346. The molecule has 0 saturated heterocycles. The number of carbonyl (C=O) groups excluding carboxylic acids is 1.